The Bertz CT molecular complexity index is 490. The molecule has 1 saturated carbocycles. The zero-order valence-electron chi connectivity index (χ0n) is 14.6. The van der Waals surface area contributed by atoms with Crippen LogP contribution in [0.2, 0.25) is 0 Å². The number of rotatable bonds is 6. The first-order valence-electron chi connectivity index (χ1n) is 8.64. The summed E-state index contributed by atoms with van der Waals surface area (Å²) in [4.78, 5) is 38.9. The van der Waals surface area contributed by atoms with Crippen LogP contribution < -0.4 is 10.6 Å². The Labute approximate surface area is 142 Å². The quantitative estimate of drug-likeness (QED) is 0.636. The van der Waals surface area contributed by atoms with Crippen molar-refractivity contribution in [1.29, 1.82) is 0 Å². The lowest BCUT2D eigenvalue weighted by atomic mass is 9.85. The summed E-state index contributed by atoms with van der Waals surface area (Å²) < 4.78 is 0. The lowest BCUT2D eigenvalue weighted by Crippen LogP contribution is -2.63. The molecule has 136 valence electrons. The third kappa shape index (κ3) is 4.17. The van der Waals surface area contributed by atoms with E-state index >= 15 is 0 Å². The van der Waals surface area contributed by atoms with Gasteiger partial charge in [0.1, 0.15) is 6.04 Å². The van der Waals surface area contributed by atoms with Gasteiger partial charge in [0.15, 0.2) is 0 Å². The Balaban J connectivity index is 1.85. The number of nitrogens with one attached hydrogen (secondary N) is 2. The fraction of sp³-hybridized carbons (Fsp3) is 0.812. The fourth-order valence-corrected chi connectivity index (χ4v) is 3.51. The number of nitrogens with zero attached hydrogens (tertiary/aromatic N) is 2. The Morgan fingerprint density at radius 1 is 1.42 bits per heavy atom. The van der Waals surface area contributed by atoms with Gasteiger partial charge < -0.3 is 20.6 Å². The number of carbonyl (C=O) groups excluding carboxylic acids is 2. The lowest BCUT2D eigenvalue weighted by molar-refractivity contribution is -0.139. The van der Waals surface area contributed by atoms with E-state index in [1.807, 2.05) is 25.7 Å². The van der Waals surface area contributed by atoms with Crippen molar-refractivity contribution in [2.45, 2.75) is 51.7 Å². The summed E-state index contributed by atoms with van der Waals surface area (Å²) in [5.41, 5.74) is 0. The molecule has 8 heteroatoms. The summed E-state index contributed by atoms with van der Waals surface area (Å²) in [5.74, 6) is -0.878. The number of hydrogen-bond donors (Lipinski definition) is 3. The van der Waals surface area contributed by atoms with Gasteiger partial charge in [-0.25, -0.2) is 4.79 Å². The van der Waals surface area contributed by atoms with E-state index in [1.54, 1.807) is 4.90 Å². The van der Waals surface area contributed by atoms with Gasteiger partial charge in [0.2, 0.25) is 5.91 Å². The highest BCUT2D eigenvalue weighted by atomic mass is 16.4. The molecule has 1 aliphatic heterocycles. The van der Waals surface area contributed by atoms with Crippen molar-refractivity contribution >= 4 is 17.9 Å². The van der Waals surface area contributed by atoms with E-state index < -0.39 is 12.0 Å². The smallest absolute Gasteiger partial charge is 0.318 e. The topological polar surface area (TPSA) is 102 Å². The fourth-order valence-electron chi connectivity index (χ4n) is 3.51. The van der Waals surface area contributed by atoms with Crippen LogP contribution in [0.25, 0.3) is 0 Å². The lowest BCUT2D eigenvalue weighted by Gasteiger charge is -2.44. The van der Waals surface area contributed by atoms with Crippen LogP contribution in [0.1, 0.15) is 33.6 Å². The molecule has 0 radical (unpaired) electrons. The maximum absolute atomic E-state index is 12.5. The number of urea groups is 1. The summed E-state index contributed by atoms with van der Waals surface area (Å²) in [6, 6.07) is -0.396. The number of piperazine rings is 1. The van der Waals surface area contributed by atoms with Crippen molar-refractivity contribution in [2.24, 2.45) is 5.92 Å². The summed E-state index contributed by atoms with van der Waals surface area (Å²) in [5, 5.41) is 14.7. The van der Waals surface area contributed by atoms with E-state index in [2.05, 4.69) is 10.6 Å². The van der Waals surface area contributed by atoms with E-state index in [4.69, 9.17) is 5.11 Å². The van der Waals surface area contributed by atoms with Crippen molar-refractivity contribution in [3.8, 4) is 0 Å². The molecule has 1 aliphatic carbocycles. The van der Waals surface area contributed by atoms with Gasteiger partial charge in [-0.2, -0.15) is 0 Å². The van der Waals surface area contributed by atoms with Crippen LogP contribution in [0.15, 0.2) is 0 Å². The molecule has 1 unspecified atom stereocenters. The zero-order chi connectivity index (χ0) is 17.9. The second-order valence-electron chi connectivity index (χ2n) is 6.90. The van der Waals surface area contributed by atoms with Crippen molar-refractivity contribution in [1.82, 2.24) is 20.4 Å². The van der Waals surface area contributed by atoms with Gasteiger partial charge in [0.25, 0.3) is 0 Å². The Hall–Kier alpha value is -1.83. The molecule has 2 fully saturated rings. The Kier molecular flexibility index (Phi) is 6.04. The molecule has 2 aliphatic rings. The summed E-state index contributed by atoms with van der Waals surface area (Å²) in [7, 11) is 0. The molecule has 0 aromatic heterocycles. The number of carboxylic acid groups (broad SMARTS) is 1. The summed E-state index contributed by atoms with van der Waals surface area (Å²) in [6.07, 6.45) is 1.50. The molecule has 3 amide bonds. The largest absolute Gasteiger partial charge is 0.480 e. The van der Waals surface area contributed by atoms with Crippen LogP contribution in [-0.2, 0) is 9.59 Å². The Morgan fingerprint density at radius 3 is 2.62 bits per heavy atom. The van der Waals surface area contributed by atoms with Gasteiger partial charge in [-0.15, -0.1) is 0 Å². The maximum atomic E-state index is 12.5. The highest BCUT2D eigenvalue weighted by Crippen LogP contribution is 2.26. The van der Waals surface area contributed by atoms with Gasteiger partial charge >= 0.3 is 12.0 Å². The minimum absolute atomic E-state index is 0.0313. The molecule has 0 spiro atoms. The van der Waals surface area contributed by atoms with Crippen LogP contribution in [0.4, 0.5) is 4.79 Å². The third-order valence-corrected chi connectivity index (χ3v) is 4.85. The number of carboxylic acids is 1. The molecular formula is C16H28N4O4. The molecule has 24 heavy (non-hydrogen) atoms. The second kappa shape index (κ2) is 7.83. The number of aliphatic carboxylic acids is 1. The van der Waals surface area contributed by atoms with Crippen molar-refractivity contribution in [3.63, 3.8) is 0 Å². The van der Waals surface area contributed by atoms with Crippen LogP contribution in [0.3, 0.4) is 0 Å². The average Bonchev–Trinajstić information content (AvgIpc) is 2.47. The van der Waals surface area contributed by atoms with Gasteiger partial charge in [-0.3, -0.25) is 14.5 Å². The van der Waals surface area contributed by atoms with E-state index in [9.17, 15) is 14.4 Å². The average molecular weight is 340 g/mol. The molecule has 3 N–H and O–H groups in total. The standard InChI is InChI=1S/C16H28N4O4/c1-4-19(9-13(21)22)12-7-11(8-12)18-16(24)20-6-5-17-15(23)14(20)10(2)3/h10-12,14H,4-9H2,1-3H3,(H,17,23)(H,18,24)(H,21,22). The molecule has 0 bridgehead atoms. The van der Waals surface area contributed by atoms with Crippen LogP contribution in [0.5, 0.6) is 0 Å². The van der Waals surface area contributed by atoms with Crippen LogP contribution in [0, 0.1) is 5.92 Å². The maximum Gasteiger partial charge on any atom is 0.318 e. The minimum Gasteiger partial charge on any atom is -0.480 e. The molecule has 8 nitrogen and oxygen atoms in total. The van der Waals surface area contributed by atoms with Crippen LogP contribution >= 0.6 is 0 Å². The molecule has 1 heterocycles. The van der Waals surface area contributed by atoms with Gasteiger partial charge in [0, 0.05) is 25.2 Å². The second-order valence-corrected chi connectivity index (χ2v) is 6.90. The molecular weight excluding hydrogens is 312 g/mol. The first-order chi connectivity index (χ1) is 11.3. The highest BCUT2D eigenvalue weighted by molar-refractivity contribution is 5.88. The summed E-state index contributed by atoms with van der Waals surface area (Å²) in [6.45, 7) is 7.50. The van der Waals surface area contributed by atoms with E-state index in [0.717, 1.165) is 12.8 Å². The first kappa shape index (κ1) is 18.5. The van der Waals surface area contributed by atoms with Crippen molar-refractivity contribution in [2.75, 3.05) is 26.2 Å². The van der Waals surface area contributed by atoms with Crippen LogP contribution in [-0.4, -0.2) is 77.1 Å². The summed E-state index contributed by atoms with van der Waals surface area (Å²) >= 11 is 0. The molecule has 0 aromatic rings. The van der Waals surface area contributed by atoms with Gasteiger partial charge in [-0.05, 0) is 25.3 Å². The zero-order valence-corrected chi connectivity index (χ0v) is 14.6. The molecule has 2 rings (SSSR count). The number of hydrogen-bond acceptors (Lipinski definition) is 4. The molecule has 1 saturated heterocycles. The highest BCUT2D eigenvalue weighted by Gasteiger charge is 2.39. The normalized spacial score (nSPS) is 27.0. The van der Waals surface area contributed by atoms with E-state index in [-0.39, 0.29) is 36.5 Å². The molecule has 0 aromatic carbocycles. The van der Waals surface area contributed by atoms with Gasteiger partial charge in [-0.1, -0.05) is 20.8 Å². The van der Waals surface area contributed by atoms with Gasteiger partial charge in [0.05, 0.1) is 6.54 Å². The SMILES string of the molecule is CCN(CC(=O)O)C1CC(NC(=O)N2CCNC(=O)C2C(C)C)C1. The predicted molar refractivity (Wildman–Crippen MR) is 88.6 cm³/mol. The van der Waals surface area contributed by atoms with E-state index in [0.29, 0.717) is 19.6 Å². The number of carbonyl (C=O) groups is 3. The Morgan fingerprint density at radius 2 is 2.08 bits per heavy atom. The van der Waals surface area contributed by atoms with Crippen molar-refractivity contribution in [3.05, 3.63) is 0 Å². The predicted octanol–water partition coefficient (Wildman–Crippen LogP) is 0.0899. The molecule has 1 atom stereocenters. The monoisotopic (exact) mass is 340 g/mol. The minimum atomic E-state index is -0.830. The van der Waals surface area contributed by atoms with Crippen molar-refractivity contribution < 1.29 is 19.5 Å². The third-order valence-electron chi connectivity index (χ3n) is 4.85. The first-order valence-corrected chi connectivity index (χ1v) is 8.64. The number of amides is 3. The number of likely N-dealkylation sites (N-methyl/N-ethyl adjacent to an activating group) is 1. The van der Waals surface area contributed by atoms with E-state index in [1.165, 1.54) is 0 Å².